The standard InChI is InChI=1S/C16H21N3O4S2/c1-10-9-14(11(2)24-10)25(21,22)18-8-7-17-16(20)15-12-5-3-4-6-13(12)23-19-15/h9,18H,3-8H2,1-2H3,(H,17,20). The minimum Gasteiger partial charge on any atom is -0.360 e. The summed E-state index contributed by atoms with van der Waals surface area (Å²) in [5.41, 5.74) is 1.20. The van der Waals surface area contributed by atoms with Crippen molar-refractivity contribution in [2.45, 2.75) is 44.4 Å². The molecule has 0 radical (unpaired) electrons. The van der Waals surface area contributed by atoms with Crippen LogP contribution in [0.15, 0.2) is 15.5 Å². The van der Waals surface area contributed by atoms with Crippen LogP contribution in [0.25, 0.3) is 0 Å². The van der Waals surface area contributed by atoms with Gasteiger partial charge in [0.1, 0.15) is 5.76 Å². The van der Waals surface area contributed by atoms with E-state index in [1.54, 1.807) is 13.0 Å². The Morgan fingerprint density at radius 3 is 2.76 bits per heavy atom. The van der Waals surface area contributed by atoms with E-state index in [2.05, 4.69) is 15.2 Å². The molecule has 2 heterocycles. The Balaban J connectivity index is 1.54. The van der Waals surface area contributed by atoms with Crippen molar-refractivity contribution in [1.29, 1.82) is 0 Å². The predicted octanol–water partition coefficient (Wildman–Crippen LogP) is 1.94. The number of carbonyl (C=O) groups excluding carboxylic acids is 1. The number of nitrogens with zero attached hydrogens (tertiary/aromatic N) is 1. The highest BCUT2D eigenvalue weighted by Gasteiger charge is 2.24. The maximum absolute atomic E-state index is 12.3. The fraction of sp³-hybridized carbons (Fsp3) is 0.500. The smallest absolute Gasteiger partial charge is 0.273 e. The van der Waals surface area contributed by atoms with E-state index in [-0.39, 0.29) is 19.0 Å². The van der Waals surface area contributed by atoms with Crippen LogP contribution in [-0.2, 0) is 22.9 Å². The van der Waals surface area contributed by atoms with Crippen LogP contribution >= 0.6 is 11.3 Å². The lowest BCUT2D eigenvalue weighted by molar-refractivity contribution is 0.0944. The molecule has 0 saturated carbocycles. The molecule has 9 heteroatoms. The van der Waals surface area contributed by atoms with Crippen molar-refractivity contribution in [2.75, 3.05) is 13.1 Å². The number of amides is 1. The van der Waals surface area contributed by atoms with Crippen LogP contribution in [0, 0.1) is 13.8 Å². The van der Waals surface area contributed by atoms with Gasteiger partial charge in [-0.2, -0.15) is 0 Å². The number of carbonyl (C=O) groups is 1. The number of nitrogens with one attached hydrogen (secondary N) is 2. The van der Waals surface area contributed by atoms with Gasteiger partial charge < -0.3 is 9.84 Å². The number of hydrogen-bond donors (Lipinski definition) is 2. The molecule has 0 unspecified atom stereocenters. The molecule has 2 aromatic heterocycles. The molecule has 1 aliphatic carbocycles. The number of hydrogen-bond acceptors (Lipinski definition) is 6. The first-order valence-corrected chi connectivity index (χ1v) is 10.5. The van der Waals surface area contributed by atoms with Crippen molar-refractivity contribution in [1.82, 2.24) is 15.2 Å². The minimum absolute atomic E-state index is 0.114. The van der Waals surface area contributed by atoms with E-state index >= 15 is 0 Å². The fourth-order valence-corrected chi connectivity index (χ4v) is 5.54. The van der Waals surface area contributed by atoms with Gasteiger partial charge in [-0.05, 0) is 39.2 Å². The van der Waals surface area contributed by atoms with Gasteiger partial charge in [0, 0.05) is 34.8 Å². The molecule has 3 rings (SSSR count). The topological polar surface area (TPSA) is 101 Å². The van der Waals surface area contributed by atoms with Crippen LogP contribution in [0.3, 0.4) is 0 Å². The number of aryl methyl sites for hydroxylation is 3. The lowest BCUT2D eigenvalue weighted by Gasteiger charge is -2.10. The Kier molecular flexibility index (Phi) is 5.26. The van der Waals surface area contributed by atoms with Gasteiger partial charge in [-0.1, -0.05) is 5.16 Å². The first-order chi connectivity index (χ1) is 11.9. The van der Waals surface area contributed by atoms with Crippen molar-refractivity contribution >= 4 is 27.3 Å². The molecule has 0 spiro atoms. The summed E-state index contributed by atoms with van der Waals surface area (Å²) in [7, 11) is -3.56. The summed E-state index contributed by atoms with van der Waals surface area (Å²) in [6, 6.07) is 1.66. The summed E-state index contributed by atoms with van der Waals surface area (Å²) in [5, 5.41) is 6.56. The Hall–Kier alpha value is -1.71. The summed E-state index contributed by atoms with van der Waals surface area (Å²) < 4.78 is 32.3. The second kappa shape index (κ2) is 7.27. The Labute approximate surface area is 150 Å². The number of fused-ring (bicyclic) bond motifs is 1. The first-order valence-electron chi connectivity index (χ1n) is 8.21. The molecule has 0 saturated heterocycles. The van der Waals surface area contributed by atoms with Gasteiger partial charge in [0.25, 0.3) is 5.91 Å². The predicted molar refractivity (Wildman–Crippen MR) is 94.5 cm³/mol. The maximum Gasteiger partial charge on any atom is 0.273 e. The molecule has 0 aromatic carbocycles. The van der Waals surface area contributed by atoms with Gasteiger partial charge in [-0.3, -0.25) is 4.79 Å². The molecule has 1 amide bonds. The van der Waals surface area contributed by atoms with Crippen molar-refractivity contribution in [3.63, 3.8) is 0 Å². The third-order valence-corrected chi connectivity index (χ3v) is 6.84. The second-order valence-electron chi connectivity index (χ2n) is 6.07. The average Bonchev–Trinajstić information content (AvgIpc) is 3.14. The fourth-order valence-electron chi connectivity index (χ4n) is 2.96. The van der Waals surface area contributed by atoms with Gasteiger partial charge in [0.15, 0.2) is 5.69 Å². The van der Waals surface area contributed by atoms with Crippen molar-refractivity contribution in [3.8, 4) is 0 Å². The van der Waals surface area contributed by atoms with Gasteiger partial charge in [0.05, 0.1) is 4.90 Å². The van der Waals surface area contributed by atoms with Crippen LogP contribution in [0.1, 0.15) is 44.4 Å². The van der Waals surface area contributed by atoms with Crippen molar-refractivity contribution in [2.24, 2.45) is 0 Å². The molecule has 2 aromatic rings. The van der Waals surface area contributed by atoms with E-state index in [9.17, 15) is 13.2 Å². The number of sulfonamides is 1. The van der Waals surface area contributed by atoms with Gasteiger partial charge in [-0.15, -0.1) is 11.3 Å². The molecular formula is C16H21N3O4S2. The van der Waals surface area contributed by atoms with E-state index in [0.29, 0.717) is 10.6 Å². The van der Waals surface area contributed by atoms with Crippen molar-refractivity contribution in [3.05, 3.63) is 32.8 Å². The maximum atomic E-state index is 12.3. The number of rotatable bonds is 6. The summed E-state index contributed by atoms with van der Waals surface area (Å²) >= 11 is 1.44. The Bertz CT molecular complexity index is 883. The quantitative estimate of drug-likeness (QED) is 0.743. The molecule has 0 aliphatic heterocycles. The zero-order valence-corrected chi connectivity index (χ0v) is 15.8. The molecule has 0 atom stereocenters. The first kappa shape index (κ1) is 18.1. The zero-order chi connectivity index (χ0) is 18.0. The van der Waals surface area contributed by atoms with Gasteiger partial charge in [-0.25, -0.2) is 13.1 Å². The second-order valence-corrected chi connectivity index (χ2v) is 9.27. The summed E-state index contributed by atoms with van der Waals surface area (Å²) in [4.78, 5) is 14.2. The molecule has 2 N–H and O–H groups in total. The van der Waals surface area contributed by atoms with Gasteiger partial charge >= 0.3 is 0 Å². The summed E-state index contributed by atoms with van der Waals surface area (Å²) in [6.07, 6.45) is 3.68. The Morgan fingerprint density at radius 1 is 1.28 bits per heavy atom. The number of thiophene rings is 1. The van der Waals surface area contributed by atoms with E-state index in [0.717, 1.165) is 46.8 Å². The Morgan fingerprint density at radius 2 is 2.04 bits per heavy atom. The highest BCUT2D eigenvalue weighted by Crippen LogP contribution is 2.25. The van der Waals surface area contributed by atoms with Crippen molar-refractivity contribution < 1.29 is 17.7 Å². The normalized spacial score (nSPS) is 14.3. The molecule has 1 aliphatic rings. The lowest BCUT2D eigenvalue weighted by atomic mass is 9.96. The van der Waals surface area contributed by atoms with Crippen LogP contribution in [-0.4, -0.2) is 32.6 Å². The molecule has 0 bridgehead atoms. The van der Waals surface area contributed by atoms with E-state index < -0.39 is 10.0 Å². The van der Waals surface area contributed by atoms with E-state index in [1.165, 1.54) is 11.3 Å². The average molecular weight is 383 g/mol. The highest BCUT2D eigenvalue weighted by molar-refractivity contribution is 7.89. The minimum atomic E-state index is -3.56. The van der Waals surface area contributed by atoms with Gasteiger partial charge in [0.2, 0.25) is 10.0 Å². The van der Waals surface area contributed by atoms with E-state index in [4.69, 9.17) is 4.52 Å². The van der Waals surface area contributed by atoms with E-state index in [1.807, 2.05) is 6.92 Å². The van der Waals surface area contributed by atoms with Crippen LogP contribution < -0.4 is 10.0 Å². The lowest BCUT2D eigenvalue weighted by Crippen LogP contribution is -2.35. The molecule has 136 valence electrons. The molecule has 0 fully saturated rings. The summed E-state index contributed by atoms with van der Waals surface area (Å²) in [6.45, 7) is 3.95. The SMILES string of the molecule is Cc1cc(S(=O)(=O)NCCNC(=O)c2noc3c2CCCC3)c(C)s1. The zero-order valence-electron chi connectivity index (χ0n) is 14.2. The van der Waals surface area contributed by atoms with Crippen LogP contribution in [0.5, 0.6) is 0 Å². The third-order valence-electron chi connectivity index (χ3n) is 4.15. The molecule has 25 heavy (non-hydrogen) atoms. The number of aromatic nitrogens is 1. The highest BCUT2D eigenvalue weighted by atomic mass is 32.2. The molecular weight excluding hydrogens is 362 g/mol. The van der Waals surface area contributed by atoms with Crippen LogP contribution in [0.2, 0.25) is 0 Å². The largest absolute Gasteiger partial charge is 0.360 e. The molecule has 7 nitrogen and oxygen atoms in total. The summed E-state index contributed by atoms with van der Waals surface area (Å²) in [5.74, 6) is 0.467. The monoisotopic (exact) mass is 383 g/mol. The third kappa shape index (κ3) is 3.94. The van der Waals surface area contributed by atoms with Crippen LogP contribution in [0.4, 0.5) is 0 Å².